The summed E-state index contributed by atoms with van der Waals surface area (Å²) in [5.41, 5.74) is 0.0134. The Hall–Kier alpha value is -4.53. The van der Waals surface area contributed by atoms with Crippen molar-refractivity contribution in [3.63, 3.8) is 0 Å². The molecule has 1 aliphatic heterocycles. The minimum Gasteiger partial charge on any atom is -0.346 e. The van der Waals surface area contributed by atoms with E-state index in [1.807, 2.05) is 17.0 Å². The molecule has 1 aliphatic rings. The molecule has 41 heavy (non-hydrogen) atoms. The molecule has 1 atom stereocenters. The molecule has 1 fully saturated rings. The summed E-state index contributed by atoms with van der Waals surface area (Å²) in [5.74, 6) is -0.279. The van der Waals surface area contributed by atoms with Gasteiger partial charge in [0, 0.05) is 37.8 Å². The van der Waals surface area contributed by atoms with E-state index in [1.54, 1.807) is 24.4 Å². The number of nitrogens with one attached hydrogen (secondary N) is 2. The van der Waals surface area contributed by atoms with Gasteiger partial charge in [-0.15, -0.1) is 15.3 Å². The molecular formula is C26H26F3N9O2S. The van der Waals surface area contributed by atoms with Crippen LogP contribution in [0.1, 0.15) is 51.9 Å². The molecule has 1 unspecified atom stereocenters. The van der Waals surface area contributed by atoms with Crippen LogP contribution in [0, 0.1) is 0 Å². The molecule has 3 aromatic rings. The van der Waals surface area contributed by atoms with Crippen LogP contribution in [0.5, 0.6) is 0 Å². The van der Waals surface area contributed by atoms with Gasteiger partial charge in [0.1, 0.15) is 0 Å². The van der Waals surface area contributed by atoms with E-state index < -0.39 is 17.6 Å². The van der Waals surface area contributed by atoms with Crippen LogP contribution in [-0.4, -0.2) is 57.0 Å². The summed E-state index contributed by atoms with van der Waals surface area (Å²) in [7, 11) is 0. The third-order valence-corrected chi connectivity index (χ3v) is 6.97. The van der Waals surface area contributed by atoms with Crippen LogP contribution in [0.4, 0.5) is 24.1 Å². The molecule has 0 aromatic carbocycles. The van der Waals surface area contributed by atoms with Crippen molar-refractivity contribution in [3.05, 3.63) is 76.8 Å². The van der Waals surface area contributed by atoms with Crippen molar-refractivity contribution in [2.24, 2.45) is 4.99 Å². The zero-order valence-electron chi connectivity index (χ0n) is 21.7. The monoisotopic (exact) mass is 585 g/mol. The van der Waals surface area contributed by atoms with Crippen molar-refractivity contribution in [1.29, 1.82) is 0 Å². The molecule has 214 valence electrons. The second-order valence-electron chi connectivity index (χ2n) is 8.92. The summed E-state index contributed by atoms with van der Waals surface area (Å²) < 4.78 is 38.7. The average Bonchev–Trinajstić information content (AvgIpc) is 3.64. The summed E-state index contributed by atoms with van der Waals surface area (Å²) in [6.45, 7) is 4.42. The molecule has 0 radical (unpaired) electrons. The Labute approximate surface area is 237 Å². The summed E-state index contributed by atoms with van der Waals surface area (Å²) in [5, 5.41) is 22.4. The fraction of sp³-hybridized carbons (Fsp3) is 0.308. The topological polar surface area (TPSA) is 138 Å². The van der Waals surface area contributed by atoms with Gasteiger partial charge in [-0.25, -0.2) is 0 Å². The van der Waals surface area contributed by atoms with Gasteiger partial charge in [0.25, 0.3) is 5.91 Å². The average molecular weight is 586 g/mol. The number of allylic oxidation sites excluding steroid dienone is 3. The number of amides is 2. The number of rotatable bonds is 11. The second kappa shape index (κ2) is 13.7. The van der Waals surface area contributed by atoms with Gasteiger partial charge in [-0.2, -0.15) is 18.3 Å². The first-order valence-electron chi connectivity index (χ1n) is 12.5. The summed E-state index contributed by atoms with van der Waals surface area (Å²) in [6, 6.07) is 5.30. The van der Waals surface area contributed by atoms with Gasteiger partial charge in [-0.05, 0) is 49.9 Å². The lowest BCUT2D eigenvalue weighted by atomic mass is 10.1. The normalized spacial score (nSPS) is 15.5. The number of halogens is 3. The molecule has 2 amide bonds. The zero-order valence-corrected chi connectivity index (χ0v) is 22.5. The number of carbonyl (C=O) groups excluding carboxylic acids is 2. The smallest absolute Gasteiger partial charge is 0.346 e. The standard InChI is InChI=1S/C26H26F3N9O2S/c1-30-11-5-3-2-4-6-22(39)33-21-8-7-20(34-35-21)17-10-13-38(16-17)25-37-36-24(41-25)23(40)32-15-19-14-18(9-12-31-19)26(27,28)29/h2-3,5,7-9,11-12,14,17H,1,4,6,10,13,15-16H2,(H,32,40)(H,33,35,39)/b3-2-,11-5-. The molecule has 0 aliphatic carbocycles. The molecular weight excluding hydrogens is 559 g/mol. The van der Waals surface area contributed by atoms with Gasteiger partial charge in [-0.3, -0.25) is 19.6 Å². The first-order valence-corrected chi connectivity index (χ1v) is 13.3. The number of nitrogens with zero attached hydrogens (tertiary/aromatic N) is 7. The van der Waals surface area contributed by atoms with Crippen molar-refractivity contribution in [1.82, 2.24) is 30.7 Å². The Kier molecular flexibility index (Phi) is 9.84. The lowest BCUT2D eigenvalue weighted by molar-refractivity contribution is -0.137. The molecule has 3 aromatic heterocycles. The van der Waals surface area contributed by atoms with Crippen molar-refractivity contribution in [2.45, 2.75) is 37.9 Å². The van der Waals surface area contributed by atoms with Crippen molar-refractivity contribution in [2.75, 3.05) is 23.3 Å². The Bertz CT molecular complexity index is 1420. The molecule has 1 saturated heterocycles. The van der Waals surface area contributed by atoms with Crippen molar-refractivity contribution >= 4 is 40.8 Å². The van der Waals surface area contributed by atoms with E-state index in [-0.39, 0.29) is 29.1 Å². The lowest BCUT2D eigenvalue weighted by Gasteiger charge is -2.13. The fourth-order valence-corrected chi connectivity index (χ4v) is 4.74. The predicted octanol–water partition coefficient (Wildman–Crippen LogP) is 4.16. The quantitative estimate of drug-likeness (QED) is 0.253. The first-order chi connectivity index (χ1) is 19.7. The molecule has 15 heteroatoms. The molecule has 4 heterocycles. The van der Waals surface area contributed by atoms with Crippen LogP contribution in [0.3, 0.4) is 0 Å². The van der Waals surface area contributed by atoms with Crippen molar-refractivity contribution in [3.8, 4) is 0 Å². The van der Waals surface area contributed by atoms with Crippen LogP contribution in [0.25, 0.3) is 0 Å². The van der Waals surface area contributed by atoms with E-state index in [0.717, 1.165) is 41.8 Å². The highest BCUT2D eigenvalue weighted by molar-refractivity contribution is 7.17. The molecule has 2 N–H and O–H groups in total. The van der Waals surface area contributed by atoms with Gasteiger partial charge in [0.15, 0.2) is 5.82 Å². The highest BCUT2D eigenvalue weighted by atomic mass is 32.1. The predicted molar refractivity (Wildman–Crippen MR) is 148 cm³/mol. The summed E-state index contributed by atoms with van der Waals surface area (Å²) in [4.78, 5) is 34.0. The maximum atomic E-state index is 12.9. The molecule has 0 saturated carbocycles. The number of aromatic nitrogens is 5. The Morgan fingerprint density at radius 3 is 2.78 bits per heavy atom. The molecule has 4 rings (SSSR count). The van der Waals surface area contributed by atoms with Gasteiger partial charge >= 0.3 is 6.18 Å². The van der Waals surface area contributed by atoms with Crippen LogP contribution in [-0.2, 0) is 17.5 Å². The van der Waals surface area contributed by atoms with Crippen LogP contribution in [0.15, 0.2) is 59.9 Å². The first kappa shape index (κ1) is 29.5. The van der Waals surface area contributed by atoms with E-state index in [4.69, 9.17) is 0 Å². The van der Waals surface area contributed by atoms with Gasteiger partial charge in [0.2, 0.25) is 16.0 Å². The number of aliphatic imine (C=N–C) groups is 1. The lowest BCUT2D eigenvalue weighted by Crippen LogP contribution is -2.23. The van der Waals surface area contributed by atoms with E-state index in [9.17, 15) is 22.8 Å². The third-order valence-electron chi connectivity index (χ3n) is 5.99. The van der Waals surface area contributed by atoms with E-state index in [2.05, 4.69) is 47.7 Å². The molecule has 0 bridgehead atoms. The van der Waals surface area contributed by atoms with Crippen LogP contribution in [0.2, 0.25) is 0 Å². The maximum Gasteiger partial charge on any atom is 0.416 e. The van der Waals surface area contributed by atoms with Gasteiger partial charge < -0.3 is 15.5 Å². The minimum atomic E-state index is -4.49. The van der Waals surface area contributed by atoms with E-state index >= 15 is 0 Å². The fourth-order valence-electron chi connectivity index (χ4n) is 3.94. The van der Waals surface area contributed by atoms with E-state index in [0.29, 0.717) is 36.9 Å². The number of hydrogen-bond acceptors (Lipinski definition) is 10. The zero-order chi connectivity index (χ0) is 29.2. The Balaban J connectivity index is 1.25. The minimum absolute atomic E-state index is 0.0728. The SMILES string of the molecule is C=N/C=C\C=C/CCC(=O)Nc1ccc(C2CCN(c3nnc(C(=O)NCc4cc(C(F)(F)F)ccn4)s3)C2)nn1. The van der Waals surface area contributed by atoms with Crippen LogP contribution >= 0.6 is 11.3 Å². The number of carbonyl (C=O) groups is 2. The Morgan fingerprint density at radius 2 is 2.02 bits per heavy atom. The number of alkyl halides is 3. The molecule has 0 spiro atoms. The maximum absolute atomic E-state index is 12.9. The van der Waals surface area contributed by atoms with Gasteiger partial charge in [0.05, 0.1) is 23.5 Å². The highest BCUT2D eigenvalue weighted by Crippen LogP contribution is 2.32. The third kappa shape index (κ3) is 8.48. The van der Waals surface area contributed by atoms with Crippen molar-refractivity contribution < 1.29 is 22.8 Å². The number of anilines is 2. The summed E-state index contributed by atoms with van der Waals surface area (Å²) >= 11 is 1.09. The second-order valence-corrected chi connectivity index (χ2v) is 9.88. The summed E-state index contributed by atoms with van der Waals surface area (Å²) in [6.07, 6.45) is 5.14. The largest absolute Gasteiger partial charge is 0.416 e. The van der Waals surface area contributed by atoms with Crippen LogP contribution < -0.4 is 15.5 Å². The molecule has 11 nitrogen and oxygen atoms in total. The van der Waals surface area contributed by atoms with E-state index in [1.165, 1.54) is 0 Å². The highest BCUT2D eigenvalue weighted by Gasteiger charge is 2.31. The number of pyridine rings is 1. The number of hydrogen-bond donors (Lipinski definition) is 2. The van der Waals surface area contributed by atoms with Gasteiger partial charge in [-0.1, -0.05) is 23.5 Å². The Morgan fingerprint density at radius 1 is 1.17 bits per heavy atom.